The van der Waals surface area contributed by atoms with Crippen molar-refractivity contribution in [1.82, 2.24) is 16.0 Å². The molecule has 0 bridgehead atoms. The fraction of sp³-hybridized carbons (Fsp3) is 0.885. The molecule has 3 amide bonds. The highest BCUT2D eigenvalue weighted by atomic mass is 16.6. The van der Waals surface area contributed by atoms with E-state index < -0.39 is 35.8 Å². The average Bonchev–Trinajstić information content (AvgIpc) is 2.70. The summed E-state index contributed by atoms with van der Waals surface area (Å²) in [6.07, 6.45) is 5.06. The van der Waals surface area contributed by atoms with Crippen molar-refractivity contribution in [3.8, 4) is 0 Å². The predicted molar refractivity (Wildman–Crippen MR) is 136 cm³/mol. The molecule has 0 radical (unpaired) electrons. The maximum atomic E-state index is 13.1. The van der Waals surface area contributed by atoms with Crippen LogP contribution in [0.4, 0.5) is 4.79 Å². The van der Waals surface area contributed by atoms with Crippen LogP contribution in [0.5, 0.6) is 0 Å². The van der Waals surface area contributed by atoms with E-state index in [2.05, 4.69) is 22.9 Å². The van der Waals surface area contributed by atoms with Gasteiger partial charge in [0.1, 0.15) is 17.7 Å². The Labute approximate surface area is 207 Å². The van der Waals surface area contributed by atoms with E-state index in [4.69, 9.17) is 4.74 Å². The third-order valence-corrected chi connectivity index (χ3v) is 5.61. The number of amides is 3. The summed E-state index contributed by atoms with van der Waals surface area (Å²) >= 11 is 0. The zero-order chi connectivity index (χ0) is 26.5. The zero-order valence-electron chi connectivity index (χ0n) is 23.0. The van der Waals surface area contributed by atoms with Crippen LogP contribution in [0.2, 0.25) is 0 Å². The molecule has 4 N–H and O–H groups in total. The van der Waals surface area contributed by atoms with Gasteiger partial charge in [-0.1, -0.05) is 73.6 Å². The maximum Gasteiger partial charge on any atom is 0.408 e. The van der Waals surface area contributed by atoms with Crippen molar-refractivity contribution in [1.29, 1.82) is 0 Å². The fourth-order valence-corrected chi connectivity index (χ4v) is 3.67. The van der Waals surface area contributed by atoms with Crippen LogP contribution < -0.4 is 16.0 Å². The molecule has 0 fully saturated rings. The minimum atomic E-state index is -0.848. The molecule has 0 aliphatic rings. The molecule has 0 saturated heterocycles. The second-order valence-corrected chi connectivity index (χ2v) is 10.9. The summed E-state index contributed by atoms with van der Waals surface area (Å²) in [5.74, 6) is -1.15. The lowest BCUT2D eigenvalue weighted by Gasteiger charge is -2.30. The molecule has 0 unspecified atom stereocenters. The predicted octanol–water partition coefficient (Wildman–Crippen LogP) is 4.29. The van der Waals surface area contributed by atoms with E-state index in [1.165, 1.54) is 0 Å². The quantitative estimate of drug-likeness (QED) is 0.258. The van der Waals surface area contributed by atoms with Gasteiger partial charge in [0.15, 0.2) is 0 Å². The number of alkyl carbamates (subject to hydrolysis) is 1. The minimum Gasteiger partial charge on any atom is -0.444 e. The van der Waals surface area contributed by atoms with E-state index in [0.717, 1.165) is 32.1 Å². The first-order chi connectivity index (χ1) is 15.7. The van der Waals surface area contributed by atoms with E-state index >= 15 is 0 Å². The molecule has 0 aromatic heterocycles. The first-order valence-electron chi connectivity index (χ1n) is 13.0. The number of unbranched alkanes of at least 4 members (excludes halogenated alkanes) is 3. The lowest BCUT2D eigenvalue weighted by molar-refractivity contribution is -0.132. The number of ether oxygens (including phenoxy) is 1. The van der Waals surface area contributed by atoms with Crippen molar-refractivity contribution < 1.29 is 24.2 Å². The summed E-state index contributed by atoms with van der Waals surface area (Å²) in [6.45, 7) is 16.8. The summed E-state index contributed by atoms with van der Waals surface area (Å²) in [7, 11) is 0. The second kappa shape index (κ2) is 16.0. The number of carbonyl (C=O) groups excluding carboxylic acids is 3. The number of aliphatic hydroxyl groups is 1. The van der Waals surface area contributed by atoms with Crippen LogP contribution in [0.1, 0.15) is 107 Å². The number of carbonyl (C=O) groups is 3. The van der Waals surface area contributed by atoms with E-state index in [1.54, 1.807) is 20.8 Å². The zero-order valence-corrected chi connectivity index (χ0v) is 23.0. The number of rotatable bonds is 15. The summed E-state index contributed by atoms with van der Waals surface area (Å²) in [6, 6.07) is -2.00. The monoisotopic (exact) mass is 485 g/mol. The van der Waals surface area contributed by atoms with Crippen molar-refractivity contribution in [3.05, 3.63) is 0 Å². The Balaban J connectivity index is 5.27. The first kappa shape index (κ1) is 32.2. The van der Waals surface area contributed by atoms with Gasteiger partial charge in [0.05, 0.1) is 12.1 Å². The summed E-state index contributed by atoms with van der Waals surface area (Å²) < 4.78 is 5.28. The van der Waals surface area contributed by atoms with E-state index in [1.807, 2.05) is 34.6 Å². The van der Waals surface area contributed by atoms with Gasteiger partial charge >= 0.3 is 6.09 Å². The Kier molecular flexibility index (Phi) is 15.1. The molecule has 34 heavy (non-hydrogen) atoms. The average molecular weight is 486 g/mol. The van der Waals surface area contributed by atoms with Gasteiger partial charge in [-0.3, -0.25) is 9.59 Å². The summed E-state index contributed by atoms with van der Waals surface area (Å²) in [4.78, 5) is 38.4. The Bertz CT molecular complexity index is 616. The first-order valence-corrected chi connectivity index (χ1v) is 13.0. The molecule has 0 aliphatic heterocycles. The topological polar surface area (TPSA) is 117 Å². The fourth-order valence-electron chi connectivity index (χ4n) is 3.67. The van der Waals surface area contributed by atoms with Gasteiger partial charge in [-0.2, -0.15) is 0 Å². The van der Waals surface area contributed by atoms with E-state index in [-0.39, 0.29) is 23.8 Å². The maximum absolute atomic E-state index is 13.1. The van der Waals surface area contributed by atoms with Crippen molar-refractivity contribution in [3.63, 3.8) is 0 Å². The smallest absolute Gasteiger partial charge is 0.408 e. The lowest BCUT2D eigenvalue weighted by Crippen LogP contribution is -2.59. The molecule has 0 aromatic carbocycles. The Morgan fingerprint density at radius 1 is 0.765 bits per heavy atom. The van der Waals surface area contributed by atoms with Gasteiger partial charge in [-0.15, -0.1) is 0 Å². The Morgan fingerprint density at radius 3 is 1.76 bits per heavy atom. The molecule has 0 spiro atoms. The molecule has 8 heteroatoms. The van der Waals surface area contributed by atoms with Crippen LogP contribution in [0.25, 0.3) is 0 Å². The molecule has 0 saturated carbocycles. The number of nitrogens with one attached hydrogen (secondary N) is 3. The van der Waals surface area contributed by atoms with Crippen LogP contribution in [0.15, 0.2) is 0 Å². The molecular weight excluding hydrogens is 434 g/mol. The number of hydrogen-bond donors (Lipinski definition) is 4. The van der Waals surface area contributed by atoms with Gasteiger partial charge in [0.25, 0.3) is 0 Å². The SMILES string of the molecule is CCCCCC[C@H](O)[C@H](CCC)NC(=O)[C@@H](NC(=O)[C@@H](NC(=O)OC(C)(C)C)C(C)C)C(C)C. The van der Waals surface area contributed by atoms with Crippen LogP contribution in [-0.2, 0) is 14.3 Å². The van der Waals surface area contributed by atoms with Gasteiger partial charge in [-0.25, -0.2) is 4.79 Å². The van der Waals surface area contributed by atoms with Crippen molar-refractivity contribution >= 4 is 17.9 Å². The second-order valence-electron chi connectivity index (χ2n) is 10.9. The van der Waals surface area contributed by atoms with Crippen LogP contribution >= 0.6 is 0 Å². The molecule has 0 aromatic rings. The van der Waals surface area contributed by atoms with E-state index in [9.17, 15) is 19.5 Å². The third-order valence-electron chi connectivity index (χ3n) is 5.61. The standard InChI is InChI=1S/C26H51N3O5/c1-10-12-13-14-16-20(30)19(15-11-2)27-23(31)21(17(3)4)28-24(32)22(18(5)6)29-25(33)34-26(7,8)9/h17-22,30H,10-16H2,1-9H3,(H,27,31)(H,28,32)(H,29,33)/t19-,20-,21-,22-/m0/s1. The van der Waals surface area contributed by atoms with E-state index in [0.29, 0.717) is 12.8 Å². The largest absolute Gasteiger partial charge is 0.444 e. The highest BCUT2D eigenvalue weighted by Crippen LogP contribution is 2.14. The minimum absolute atomic E-state index is 0.178. The van der Waals surface area contributed by atoms with Crippen LogP contribution in [0, 0.1) is 11.8 Å². The number of hydrogen-bond acceptors (Lipinski definition) is 5. The van der Waals surface area contributed by atoms with Crippen molar-refractivity contribution in [2.24, 2.45) is 11.8 Å². The van der Waals surface area contributed by atoms with Crippen molar-refractivity contribution in [2.45, 2.75) is 137 Å². The highest BCUT2D eigenvalue weighted by Gasteiger charge is 2.33. The molecular formula is C26H51N3O5. The molecule has 0 aliphatic carbocycles. The van der Waals surface area contributed by atoms with Crippen LogP contribution in [-0.4, -0.2) is 52.8 Å². The third kappa shape index (κ3) is 13.2. The summed E-state index contributed by atoms with van der Waals surface area (Å²) in [5.41, 5.74) is -0.686. The van der Waals surface area contributed by atoms with Gasteiger partial charge in [0, 0.05) is 0 Å². The normalized spacial score (nSPS) is 15.4. The van der Waals surface area contributed by atoms with Gasteiger partial charge < -0.3 is 25.8 Å². The summed E-state index contributed by atoms with van der Waals surface area (Å²) in [5, 5.41) is 19.1. The Hall–Kier alpha value is -1.83. The van der Waals surface area contributed by atoms with Crippen LogP contribution in [0.3, 0.4) is 0 Å². The molecule has 0 rings (SSSR count). The molecule has 4 atom stereocenters. The van der Waals surface area contributed by atoms with Crippen molar-refractivity contribution in [2.75, 3.05) is 0 Å². The molecule has 0 heterocycles. The lowest BCUT2D eigenvalue weighted by atomic mass is 9.97. The molecule has 200 valence electrons. The molecule has 8 nitrogen and oxygen atoms in total. The highest BCUT2D eigenvalue weighted by molar-refractivity contribution is 5.91. The number of aliphatic hydroxyl groups excluding tert-OH is 1. The van der Waals surface area contributed by atoms with Gasteiger partial charge in [0.2, 0.25) is 11.8 Å². The van der Waals surface area contributed by atoms with Gasteiger partial charge in [-0.05, 0) is 45.4 Å². The Morgan fingerprint density at radius 2 is 1.29 bits per heavy atom.